The molecule has 2 aliphatic carbocycles. The monoisotopic (exact) mass is 581 g/mol. The molecule has 1 aromatic heterocycles. The lowest BCUT2D eigenvalue weighted by Crippen LogP contribution is -2.57. The Labute approximate surface area is 249 Å². The highest BCUT2D eigenvalue weighted by Crippen LogP contribution is 2.42. The Bertz CT molecular complexity index is 1150. The molecule has 42 heavy (non-hydrogen) atoms. The first-order chi connectivity index (χ1) is 20.0. The molecule has 3 fully saturated rings. The third-order valence-corrected chi connectivity index (χ3v) is 8.79. The Balaban J connectivity index is 1.44. The average molecular weight is 582 g/mol. The van der Waals surface area contributed by atoms with Gasteiger partial charge in [-0.15, -0.1) is 0 Å². The van der Waals surface area contributed by atoms with E-state index in [1.807, 2.05) is 34.6 Å². The van der Waals surface area contributed by atoms with Crippen molar-refractivity contribution < 1.29 is 19.2 Å². The maximum absolute atomic E-state index is 14.2. The van der Waals surface area contributed by atoms with Crippen LogP contribution in [0.4, 0.5) is 0 Å². The van der Waals surface area contributed by atoms with Crippen molar-refractivity contribution in [1.29, 1.82) is 0 Å². The van der Waals surface area contributed by atoms with Gasteiger partial charge in [-0.3, -0.25) is 24.2 Å². The Morgan fingerprint density at radius 2 is 1.69 bits per heavy atom. The van der Waals surface area contributed by atoms with Crippen LogP contribution in [0.15, 0.2) is 30.9 Å². The highest BCUT2D eigenvalue weighted by molar-refractivity contribution is 5.93. The van der Waals surface area contributed by atoms with Crippen LogP contribution < -0.4 is 21.3 Å². The molecule has 4 rings (SSSR count). The van der Waals surface area contributed by atoms with Gasteiger partial charge in [-0.2, -0.15) is 0 Å². The number of fused-ring (bicyclic) bond motifs is 1. The van der Waals surface area contributed by atoms with Gasteiger partial charge in [-0.1, -0.05) is 47.6 Å². The van der Waals surface area contributed by atoms with Gasteiger partial charge in [0.1, 0.15) is 17.8 Å². The Morgan fingerprint density at radius 1 is 0.976 bits per heavy atom. The van der Waals surface area contributed by atoms with Gasteiger partial charge in [0.2, 0.25) is 17.7 Å². The minimum absolute atomic E-state index is 0.0164. The molecule has 230 valence electrons. The van der Waals surface area contributed by atoms with Crippen molar-refractivity contribution in [2.45, 2.75) is 90.9 Å². The summed E-state index contributed by atoms with van der Waals surface area (Å²) in [5.41, 5.74) is 0.717. The second-order valence-electron chi connectivity index (χ2n) is 12.9. The lowest BCUT2D eigenvalue weighted by molar-refractivity contribution is -0.142. The number of hydrogen-bond donors (Lipinski definition) is 4. The zero-order valence-corrected chi connectivity index (χ0v) is 25.6. The molecule has 0 aromatic carbocycles. The molecule has 2 unspecified atom stereocenters. The van der Waals surface area contributed by atoms with E-state index in [2.05, 4.69) is 37.8 Å². The van der Waals surface area contributed by atoms with Crippen LogP contribution in [0.1, 0.15) is 77.2 Å². The van der Waals surface area contributed by atoms with Gasteiger partial charge in [0, 0.05) is 37.2 Å². The number of rotatable bonds is 13. The summed E-state index contributed by atoms with van der Waals surface area (Å²) in [6.45, 7) is 14.6. The van der Waals surface area contributed by atoms with E-state index in [4.69, 9.17) is 0 Å². The van der Waals surface area contributed by atoms with E-state index in [1.54, 1.807) is 4.90 Å². The minimum Gasteiger partial charge on any atom is -0.376 e. The standard InChI is InChI=1S/C31H47N7O4/c1-17(2)25(37-29(40)24-15-32-12-13-33-24)20(6)35-26(18(3)4)31(42)38-16-21-8-7-9-23(21)27(38)30(41)34-14-19(5)28(39)36-22-10-11-22/h12-13,15,17-19,21-23,25-27,35H,6-11,14,16H2,1-5H3,(H,34,41)(H,36,39)(H,37,40)/t19?,21-,23-,25+,26-,27?/m0/s1. The maximum Gasteiger partial charge on any atom is 0.272 e. The third-order valence-electron chi connectivity index (χ3n) is 8.79. The maximum atomic E-state index is 14.2. The zero-order valence-electron chi connectivity index (χ0n) is 25.6. The summed E-state index contributed by atoms with van der Waals surface area (Å²) in [7, 11) is 0. The number of amides is 4. The van der Waals surface area contributed by atoms with E-state index in [0.29, 0.717) is 12.2 Å². The lowest BCUT2D eigenvalue weighted by atomic mass is 9.93. The predicted molar refractivity (Wildman–Crippen MR) is 159 cm³/mol. The van der Waals surface area contributed by atoms with Crippen molar-refractivity contribution in [2.75, 3.05) is 13.1 Å². The van der Waals surface area contributed by atoms with E-state index in [9.17, 15) is 19.2 Å². The van der Waals surface area contributed by atoms with Crippen molar-refractivity contribution in [3.63, 3.8) is 0 Å². The zero-order chi connectivity index (χ0) is 30.6. The van der Waals surface area contributed by atoms with Gasteiger partial charge in [0.15, 0.2) is 0 Å². The SMILES string of the molecule is C=C(N[C@H](C(=O)N1C[C@@H]2CCC[C@@H]2C1C(=O)NCC(C)C(=O)NC1CC1)C(C)C)[C@H](NC(=O)c1cnccn1)C(C)C. The molecule has 6 atom stereocenters. The van der Waals surface area contributed by atoms with E-state index in [0.717, 1.165) is 32.1 Å². The molecule has 1 aromatic rings. The first-order valence-electron chi connectivity index (χ1n) is 15.4. The largest absolute Gasteiger partial charge is 0.376 e. The number of nitrogens with zero attached hydrogens (tertiary/aromatic N) is 3. The highest BCUT2D eigenvalue weighted by atomic mass is 16.2. The van der Waals surface area contributed by atoms with Crippen molar-refractivity contribution in [3.05, 3.63) is 36.6 Å². The molecule has 11 nitrogen and oxygen atoms in total. The lowest BCUT2D eigenvalue weighted by Gasteiger charge is -2.35. The number of nitrogens with one attached hydrogen (secondary N) is 4. The van der Waals surface area contributed by atoms with E-state index < -0.39 is 18.1 Å². The fourth-order valence-electron chi connectivity index (χ4n) is 6.16. The molecule has 0 spiro atoms. The summed E-state index contributed by atoms with van der Waals surface area (Å²) in [6.07, 6.45) is 9.33. The van der Waals surface area contributed by atoms with E-state index in [1.165, 1.54) is 18.6 Å². The molecule has 11 heteroatoms. The van der Waals surface area contributed by atoms with Gasteiger partial charge in [-0.05, 0) is 49.4 Å². The number of carbonyl (C=O) groups is 4. The molecule has 2 saturated carbocycles. The molecule has 2 heterocycles. The summed E-state index contributed by atoms with van der Waals surface area (Å²) >= 11 is 0. The Morgan fingerprint density at radius 3 is 2.31 bits per heavy atom. The van der Waals surface area contributed by atoms with Crippen molar-refractivity contribution >= 4 is 23.6 Å². The van der Waals surface area contributed by atoms with Gasteiger partial charge in [0.25, 0.3) is 5.91 Å². The first kappa shape index (κ1) is 31.4. The second-order valence-corrected chi connectivity index (χ2v) is 12.9. The summed E-state index contributed by atoms with van der Waals surface area (Å²) in [6, 6.07) is -1.40. The molecule has 0 bridgehead atoms. The molecule has 4 N–H and O–H groups in total. The number of likely N-dealkylation sites (tertiary alicyclic amines) is 1. The Kier molecular flexibility index (Phi) is 10.2. The summed E-state index contributed by atoms with van der Waals surface area (Å²) in [4.78, 5) is 62.8. The van der Waals surface area contributed by atoms with Crippen LogP contribution in [-0.2, 0) is 14.4 Å². The van der Waals surface area contributed by atoms with Gasteiger partial charge in [0.05, 0.1) is 18.2 Å². The van der Waals surface area contributed by atoms with Crippen molar-refractivity contribution in [3.8, 4) is 0 Å². The normalized spacial score (nSPS) is 23.6. The topological polar surface area (TPSA) is 145 Å². The fourth-order valence-corrected chi connectivity index (χ4v) is 6.16. The predicted octanol–water partition coefficient (Wildman–Crippen LogP) is 2.02. The van der Waals surface area contributed by atoms with Crippen LogP contribution in [-0.4, -0.2) is 75.8 Å². The average Bonchev–Trinajstić information content (AvgIpc) is 3.53. The molecule has 1 aliphatic heterocycles. The van der Waals surface area contributed by atoms with E-state index in [-0.39, 0.29) is 71.5 Å². The van der Waals surface area contributed by atoms with Crippen molar-refractivity contribution in [2.24, 2.45) is 29.6 Å². The third kappa shape index (κ3) is 7.46. The van der Waals surface area contributed by atoms with E-state index >= 15 is 0 Å². The second kappa shape index (κ2) is 13.6. The molecular formula is C31H47N7O4. The van der Waals surface area contributed by atoms with Crippen molar-refractivity contribution in [1.82, 2.24) is 36.1 Å². The number of carbonyl (C=O) groups excluding carboxylic acids is 4. The molecule has 4 amide bonds. The molecule has 1 saturated heterocycles. The van der Waals surface area contributed by atoms with Crippen LogP contribution in [0.2, 0.25) is 0 Å². The van der Waals surface area contributed by atoms with Crippen LogP contribution in [0.3, 0.4) is 0 Å². The van der Waals surface area contributed by atoms with Gasteiger partial charge < -0.3 is 26.2 Å². The van der Waals surface area contributed by atoms with Crippen LogP contribution in [0, 0.1) is 29.6 Å². The quantitative estimate of drug-likeness (QED) is 0.279. The smallest absolute Gasteiger partial charge is 0.272 e. The van der Waals surface area contributed by atoms with Gasteiger partial charge >= 0.3 is 0 Å². The summed E-state index contributed by atoms with van der Waals surface area (Å²) < 4.78 is 0. The van der Waals surface area contributed by atoms with Crippen LogP contribution in [0.5, 0.6) is 0 Å². The molecular weight excluding hydrogens is 534 g/mol. The Hall–Kier alpha value is -3.50. The summed E-state index contributed by atoms with van der Waals surface area (Å²) in [5.74, 6) is -0.847. The highest BCUT2D eigenvalue weighted by Gasteiger charge is 2.50. The first-order valence-corrected chi connectivity index (χ1v) is 15.4. The van der Waals surface area contributed by atoms with Gasteiger partial charge in [-0.25, -0.2) is 4.98 Å². The van der Waals surface area contributed by atoms with Crippen LogP contribution in [0.25, 0.3) is 0 Å². The fraction of sp³-hybridized carbons (Fsp3) is 0.677. The number of hydrogen-bond acceptors (Lipinski definition) is 7. The summed E-state index contributed by atoms with van der Waals surface area (Å²) in [5, 5.41) is 12.3. The van der Waals surface area contributed by atoms with Crippen LogP contribution >= 0.6 is 0 Å². The molecule has 3 aliphatic rings. The molecule has 0 radical (unpaired) electrons. The minimum atomic E-state index is -0.635. The number of aromatic nitrogens is 2.